The molecule has 6 rings (SSSR count). The summed E-state index contributed by atoms with van der Waals surface area (Å²) in [6, 6.07) is 20.4. The summed E-state index contributed by atoms with van der Waals surface area (Å²) in [6.07, 6.45) is 10.1. The second kappa shape index (κ2) is 11.1. The van der Waals surface area contributed by atoms with E-state index in [1.807, 2.05) is 36.4 Å². The molecule has 224 valence electrons. The van der Waals surface area contributed by atoms with Crippen LogP contribution in [0.2, 0.25) is 0 Å². The summed E-state index contributed by atoms with van der Waals surface area (Å²) in [7, 11) is 0. The summed E-state index contributed by atoms with van der Waals surface area (Å²) in [6.45, 7) is 9.79. The van der Waals surface area contributed by atoms with Gasteiger partial charge in [-0.3, -0.25) is 0 Å². The van der Waals surface area contributed by atoms with Crippen molar-refractivity contribution in [2.45, 2.75) is 110 Å². The minimum atomic E-state index is -0.990. The van der Waals surface area contributed by atoms with Crippen molar-refractivity contribution in [1.82, 2.24) is 0 Å². The maximum absolute atomic E-state index is 12.2. The van der Waals surface area contributed by atoms with E-state index in [1.165, 1.54) is 25.7 Å². The fraction of sp³-hybridized carbons (Fsp3) is 0.684. The highest BCUT2D eigenvalue weighted by molar-refractivity contribution is 5.35. The molecular weight excluding hydrogens is 504 g/mol. The van der Waals surface area contributed by atoms with Crippen LogP contribution in [-0.4, -0.2) is 27.5 Å². The van der Waals surface area contributed by atoms with Crippen LogP contribution in [0.4, 0.5) is 0 Å². The molecule has 4 aliphatic carbocycles. The van der Waals surface area contributed by atoms with Gasteiger partial charge >= 0.3 is 0 Å². The van der Waals surface area contributed by atoms with Gasteiger partial charge in [-0.1, -0.05) is 94.8 Å². The Hall–Kier alpha value is -1.68. The molecule has 41 heavy (non-hydrogen) atoms. The zero-order valence-corrected chi connectivity index (χ0v) is 25.9. The van der Waals surface area contributed by atoms with E-state index in [4.69, 9.17) is 0 Å². The molecule has 0 aliphatic heterocycles. The molecule has 3 heteroatoms. The van der Waals surface area contributed by atoms with Gasteiger partial charge in [0.25, 0.3) is 0 Å². The fourth-order valence-electron chi connectivity index (χ4n) is 11.5. The highest BCUT2D eigenvalue weighted by Gasteiger charge is 2.64. The average molecular weight is 559 g/mol. The van der Waals surface area contributed by atoms with Crippen molar-refractivity contribution in [3.05, 3.63) is 71.8 Å². The van der Waals surface area contributed by atoms with Gasteiger partial charge in [-0.15, -0.1) is 0 Å². The predicted molar refractivity (Wildman–Crippen MR) is 166 cm³/mol. The molecule has 3 nitrogen and oxygen atoms in total. The molecule has 2 aromatic rings. The number of benzene rings is 2. The van der Waals surface area contributed by atoms with E-state index in [2.05, 4.69) is 52.0 Å². The summed E-state index contributed by atoms with van der Waals surface area (Å²) < 4.78 is 0. The number of rotatable bonds is 7. The monoisotopic (exact) mass is 558 g/mol. The summed E-state index contributed by atoms with van der Waals surface area (Å²) in [5, 5.41) is 34.8. The third-order valence-electron chi connectivity index (χ3n) is 13.6. The van der Waals surface area contributed by atoms with Crippen LogP contribution >= 0.6 is 0 Å². The van der Waals surface area contributed by atoms with E-state index in [1.54, 1.807) is 0 Å². The van der Waals surface area contributed by atoms with Gasteiger partial charge in [0.05, 0.1) is 12.2 Å². The maximum Gasteiger partial charge on any atom is 0.115 e. The van der Waals surface area contributed by atoms with Crippen molar-refractivity contribution in [1.29, 1.82) is 0 Å². The van der Waals surface area contributed by atoms with Crippen LogP contribution in [0.25, 0.3) is 0 Å². The van der Waals surface area contributed by atoms with Crippen molar-refractivity contribution in [3.63, 3.8) is 0 Å². The molecule has 0 heterocycles. The van der Waals surface area contributed by atoms with Gasteiger partial charge in [-0.05, 0) is 121 Å². The van der Waals surface area contributed by atoms with Crippen LogP contribution in [0.5, 0.6) is 0 Å². The Morgan fingerprint density at radius 3 is 2.00 bits per heavy atom. The van der Waals surface area contributed by atoms with Gasteiger partial charge in [-0.2, -0.15) is 0 Å². The molecule has 0 amide bonds. The largest absolute Gasteiger partial charge is 0.393 e. The standard InChI is InChI=1S/C38H54O3/c1-5-29-33-24-28(39)19-21-37(33,4)32-20-22-36(3)30(16-17-31(36)34(32)35(29)40)25(2)18-23-38(41,26-12-8-6-9-13-26)27-14-10-7-11-15-27/h6-15,25,28-35,39-41H,5,16-24H2,1-4H3/t25-,28-,29-,30-,31?,32?,33+,34?,35-,36-,37-/m1/s1. The van der Waals surface area contributed by atoms with Crippen molar-refractivity contribution in [2.75, 3.05) is 0 Å². The van der Waals surface area contributed by atoms with Gasteiger partial charge < -0.3 is 15.3 Å². The lowest BCUT2D eigenvalue weighted by molar-refractivity contribution is -0.203. The zero-order valence-electron chi connectivity index (χ0n) is 25.9. The fourth-order valence-corrected chi connectivity index (χ4v) is 11.5. The molecule has 11 atom stereocenters. The lowest BCUT2D eigenvalue weighted by Crippen LogP contribution is -2.62. The van der Waals surface area contributed by atoms with Gasteiger partial charge in [0.15, 0.2) is 0 Å². The Morgan fingerprint density at radius 1 is 0.805 bits per heavy atom. The van der Waals surface area contributed by atoms with Crippen molar-refractivity contribution in [2.24, 2.45) is 52.3 Å². The van der Waals surface area contributed by atoms with Gasteiger partial charge in [0.1, 0.15) is 5.60 Å². The minimum absolute atomic E-state index is 0.193. The molecule has 2 aromatic carbocycles. The maximum atomic E-state index is 12.2. The molecule has 4 saturated carbocycles. The molecule has 0 aromatic heterocycles. The summed E-state index contributed by atoms with van der Waals surface area (Å²) >= 11 is 0. The molecule has 3 unspecified atom stereocenters. The van der Waals surface area contributed by atoms with Crippen LogP contribution in [0.1, 0.15) is 103 Å². The van der Waals surface area contributed by atoms with E-state index < -0.39 is 5.60 Å². The third kappa shape index (κ3) is 4.74. The Morgan fingerprint density at radius 2 is 1.39 bits per heavy atom. The van der Waals surface area contributed by atoms with E-state index in [9.17, 15) is 15.3 Å². The highest BCUT2D eigenvalue weighted by atomic mass is 16.3. The van der Waals surface area contributed by atoms with Gasteiger partial charge in [0, 0.05) is 0 Å². The molecule has 4 fully saturated rings. The molecule has 0 spiro atoms. The molecule has 0 bridgehead atoms. The number of hydrogen-bond acceptors (Lipinski definition) is 3. The first-order valence-electron chi connectivity index (χ1n) is 16.8. The number of aliphatic hydroxyl groups is 3. The van der Waals surface area contributed by atoms with E-state index in [0.717, 1.165) is 43.2 Å². The highest BCUT2D eigenvalue weighted by Crippen LogP contribution is 2.69. The minimum Gasteiger partial charge on any atom is -0.393 e. The van der Waals surface area contributed by atoms with E-state index in [-0.39, 0.29) is 23.0 Å². The van der Waals surface area contributed by atoms with Gasteiger partial charge in [0.2, 0.25) is 0 Å². The number of hydrogen-bond donors (Lipinski definition) is 3. The van der Waals surface area contributed by atoms with Crippen LogP contribution in [-0.2, 0) is 5.60 Å². The molecule has 0 radical (unpaired) electrons. The van der Waals surface area contributed by atoms with E-state index in [0.29, 0.717) is 47.8 Å². The summed E-state index contributed by atoms with van der Waals surface area (Å²) in [4.78, 5) is 0. The van der Waals surface area contributed by atoms with Crippen LogP contribution in [0, 0.1) is 52.3 Å². The third-order valence-corrected chi connectivity index (χ3v) is 13.6. The number of aliphatic hydroxyl groups excluding tert-OH is 2. The molecule has 4 aliphatic rings. The van der Waals surface area contributed by atoms with Crippen molar-refractivity contribution >= 4 is 0 Å². The van der Waals surface area contributed by atoms with Gasteiger partial charge in [-0.25, -0.2) is 0 Å². The topological polar surface area (TPSA) is 60.7 Å². The first kappa shape index (κ1) is 29.4. The Kier molecular flexibility index (Phi) is 7.96. The normalized spacial score (nSPS) is 41.2. The second-order valence-corrected chi connectivity index (χ2v) is 15.2. The molecule has 3 N–H and O–H groups in total. The van der Waals surface area contributed by atoms with Crippen LogP contribution in [0.3, 0.4) is 0 Å². The Labute approximate surface area is 248 Å². The molecule has 0 saturated heterocycles. The Bertz CT molecular complexity index is 1130. The predicted octanol–water partition coefficient (Wildman–Crippen LogP) is 7.97. The average Bonchev–Trinajstić information content (AvgIpc) is 3.35. The Balaban J connectivity index is 1.23. The lowest BCUT2D eigenvalue weighted by atomic mass is 9.41. The lowest BCUT2D eigenvalue weighted by Gasteiger charge is -2.64. The SMILES string of the molecule is CC[C@H]1[C@@H](O)C2C3CC[C@H]([C@H](C)CCC(O)(c4ccccc4)c4ccccc4)[C@@]3(C)CCC2[C@@]2(C)CC[C@@H](O)C[C@@H]12. The van der Waals surface area contributed by atoms with E-state index >= 15 is 0 Å². The molecular formula is C38H54O3. The van der Waals surface area contributed by atoms with Crippen LogP contribution < -0.4 is 0 Å². The van der Waals surface area contributed by atoms with Crippen molar-refractivity contribution < 1.29 is 15.3 Å². The quantitative estimate of drug-likeness (QED) is 0.323. The smallest absolute Gasteiger partial charge is 0.115 e. The zero-order chi connectivity index (χ0) is 29.0. The number of fused-ring (bicyclic) bond motifs is 5. The summed E-state index contributed by atoms with van der Waals surface area (Å²) in [5.41, 5.74) is 1.46. The first-order chi connectivity index (χ1) is 19.6. The second-order valence-electron chi connectivity index (χ2n) is 15.2. The van der Waals surface area contributed by atoms with Crippen LogP contribution in [0.15, 0.2) is 60.7 Å². The summed E-state index contributed by atoms with van der Waals surface area (Å²) in [5.74, 6) is 3.42. The van der Waals surface area contributed by atoms with Crippen molar-refractivity contribution in [3.8, 4) is 0 Å². The first-order valence-corrected chi connectivity index (χ1v) is 16.8.